The Balaban J connectivity index is 1.50. The highest BCUT2D eigenvalue weighted by atomic mass is 16.5. The van der Waals surface area contributed by atoms with Crippen molar-refractivity contribution >= 4 is 5.97 Å². The number of ether oxygens (including phenoxy) is 1. The molecule has 0 unspecified atom stereocenters. The highest BCUT2D eigenvalue weighted by molar-refractivity contribution is 5.70. The maximum Gasteiger partial charge on any atom is 0.306 e. The van der Waals surface area contributed by atoms with Crippen molar-refractivity contribution in [3.05, 3.63) is 71.8 Å². The Labute approximate surface area is 125 Å². The van der Waals surface area contributed by atoms with Crippen molar-refractivity contribution < 1.29 is 9.53 Å². The Morgan fingerprint density at radius 2 is 1.62 bits per heavy atom. The second-order valence-corrected chi connectivity index (χ2v) is 5.81. The van der Waals surface area contributed by atoms with Crippen LogP contribution in [0, 0.1) is 11.8 Å². The molecule has 2 heteroatoms. The van der Waals surface area contributed by atoms with Crippen molar-refractivity contribution in [2.75, 3.05) is 0 Å². The van der Waals surface area contributed by atoms with Crippen LogP contribution in [0.4, 0.5) is 0 Å². The maximum atomic E-state index is 12.0. The lowest BCUT2D eigenvalue weighted by atomic mass is 10.1. The molecule has 0 saturated heterocycles. The largest absolute Gasteiger partial charge is 0.461 e. The van der Waals surface area contributed by atoms with E-state index in [2.05, 4.69) is 31.2 Å². The van der Waals surface area contributed by atoms with Crippen molar-refractivity contribution in [2.45, 2.75) is 25.9 Å². The zero-order chi connectivity index (χ0) is 14.7. The summed E-state index contributed by atoms with van der Waals surface area (Å²) in [6.45, 7) is 2.59. The van der Waals surface area contributed by atoms with Crippen LogP contribution in [0.2, 0.25) is 0 Å². The van der Waals surface area contributed by atoms with Gasteiger partial charge in [-0.1, -0.05) is 67.6 Å². The zero-order valence-corrected chi connectivity index (χ0v) is 12.2. The molecule has 0 N–H and O–H groups in total. The molecule has 2 aromatic rings. The van der Waals surface area contributed by atoms with Crippen molar-refractivity contribution in [2.24, 2.45) is 11.8 Å². The topological polar surface area (TPSA) is 26.3 Å². The van der Waals surface area contributed by atoms with Crippen molar-refractivity contribution in [3.8, 4) is 0 Å². The molecule has 0 radical (unpaired) electrons. The Hall–Kier alpha value is -2.09. The van der Waals surface area contributed by atoms with Gasteiger partial charge >= 0.3 is 5.97 Å². The molecule has 0 heterocycles. The fourth-order valence-electron chi connectivity index (χ4n) is 3.07. The molecule has 21 heavy (non-hydrogen) atoms. The van der Waals surface area contributed by atoms with Crippen LogP contribution in [0.3, 0.4) is 0 Å². The summed E-state index contributed by atoms with van der Waals surface area (Å²) in [7, 11) is 0. The normalized spacial score (nSPS) is 23.6. The molecule has 1 aliphatic carbocycles. The Kier molecular flexibility index (Phi) is 4.05. The first-order valence-corrected chi connectivity index (χ1v) is 7.50. The van der Waals surface area contributed by atoms with E-state index in [1.54, 1.807) is 0 Å². The van der Waals surface area contributed by atoms with Crippen LogP contribution in [-0.4, -0.2) is 5.97 Å². The third-order valence-electron chi connectivity index (χ3n) is 4.39. The van der Waals surface area contributed by atoms with Crippen LogP contribution >= 0.6 is 0 Å². The van der Waals surface area contributed by atoms with Crippen LogP contribution in [0.15, 0.2) is 60.7 Å². The quantitative estimate of drug-likeness (QED) is 0.768. The Bertz CT molecular complexity index is 591. The van der Waals surface area contributed by atoms with E-state index in [-0.39, 0.29) is 5.97 Å². The molecule has 2 nitrogen and oxygen atoms in total. The summed E-state index contributed by atoms with van der Waals surface area (Å²) in [5.74, 6) is 1.41. The number of hydrogen-bond acceptors (Lipinski definition) is 2. The fourth-order valence-corrected chi connectivity index (χ4v) is 3.07. The molecule has 0 aliphatic heterocycles. The Morgan fingerprint density at radius 3 is 2.29 bits per heavy atom. The lowest BCUT2D eigenvalue weighted by Crippen LogP contribution is -2.06. The van der Waals surface area contributed by atoms with E-state index in [0.29, 0.717) is 30.8 Å². The lowest BCUT2D eigenvalue weighted by Gasteiger charge is -2.05. The molecule has 3 atom stereocenters. The van der Waals surface area contributed by atoms with Crippen molar-refractivity contribution in [1.82, 2.24) is 0 Å². The summed E-state index contributed by atoms with van der Waals surface area (Å²) in [5, 5.41) is 0. The molecule has 1 fully saturated rings. The van der Waals surface area contributed by atoms with E-state index in [1.807, 2.05) is 36.4 Å². The average Bonchev–Trinajstić information content (AvgIpc) is 3.16. The van der Waals surface area contributed by atoms with Crippen LogP contribution in [0.5, 0.6) is 0 Å². The second kappa shape index (κ2) is 6.13. The fraction of sp³-hybridized carbons (Fsp3) is 0.316. The minimum absolute atomic E-state index is 0.0888. The first-order valence-electron chi connectivity index (χ1n) is 7.50. The first-order chi connectivity index (χ1) is 10.3. The molecule has 2 aromatic carbocycles. The molecule has 0 aromatic heterocycles. The molecular weight excluding hydrogens is 260 g/mol. The molecule has 0 amide bonds. The predicted molar refractivity (Wildman–Crippen MR) is 82.7 cm³/mol. The van der Waals surface area contributed by atoms with Gasteiger partial charge in [0.1, 0.15) is 6.61 Å². The third kappa shape index (κ3) is 3.33. The van der Waals surface area contributed by atoms with Crippen LogP contribution in [0.1, 0.15) is 30.4 Å². The molecular formula is C19H20O2. The van der Waals surface area contributed by atoms with E-state index in [4.69, 9.17) is 4.74 Å². The van der Waals surface area contributed by atoms with Gasteiger partial charge in [0.25, 0.3) is 0 Å². The van der Waals surface area contributed by atoms with Crippen LogP contribution < -0.4 is 0 Å². The molecule has 108 valence electrons. The van der Waals surface area contributed by atoms with Crippen molar-refractivity contribution in [3.63, 3.8) is 0 Å². The van der Waals surface area contributed by atoms with Gasteiger partial charge in [0.2, 0.25) is 0 Å². The van der Waals surface area contributed by atoms with E-state index in [9.17, 15) is 4.79 Å². The predicted octanol–water partition coefficient (Wildman–Crippen LogP) is 4.17. The maximum absolute atomic E-state index is 12.0. The summed E-state index contributed by atoms with van der Waals surface area (Å²) in [4.78, 5) is 12.0. The van der Waals surface area contributed by atoms with Gasteiger partial charge in [-0.3, -0.25) is 4.79 Å². The summed E-state index contributed by atoms with van der Waals surface area (Å²) in [5.41, 5.74) is 2.38. The van der Waals surface area contributed by atoms with Gasteiger partial charge in [-0.2, -0.15) is 0 Å². The number of esters is 1. The smallest absolute Gasteiger partial charge is 0.306 e. The van der Waals surface area contributed by atoms with Gasteiger partial charge in [0.15, 0.2) is 0 Å². The highest BCUT2D eigenvalue weighted by Crippen LogP contribution is 2.55. The average molecular weight is 280 g/mol. The number of carbonyl (C=O) groups excluding carboxylic acids is 1. The molecule has 3 rings (SSSR count). The second-order valence-electron chi connectivity index (χ2n) is 5.81. The van der Waals surface area contributed by atoms with Gasteiger partial charge in [-0.25, -0.2) is 0 Å². The van der Waals surface area contributed by atoms with E-state index >= 15 is 0 Å². The van der Waals surface area contributed by atoms with E-state index in [0.717, 1.165) is 5.56 Å². The zero-order valence-electron chi connectivity index (χ0n) is 12.2. The SMILES string of the molecule is C[C@H]1[C@H](CC(=O)OCc2ccccc2)[C@H]1c1ccccc1. The first kappa shape index (κ1) is 13.9. The van der Waals surface area contributed by atoms with Crippen LogP contribution in [0.25, 0.3) is 0 Å². The van der Waals surface area contributed by atoms with Gasteiger partial charge in [0.05, 0.1) is 0 Å². The van der Waals surface area contributed by atoms with Crippen molar-refractivity contribution in [1.29, 1.82) is 0 Å². The molecule has 1 saturated carbocycles. The summed E-state index contributed by atoms with van der Waals surface area (Å²) in [6, 6.07) is 20.3. The standard InChI is InChI=1S/C19H20O2/c1-14-17(19(14)16-10-6-3-7-11-16)12-18(20)21-13-15-8-4-2-5-9-15/h2-11,14,17,19H,12-13H2,1H3/t14-,17-,19+/m0/s1. The van der Waals surface area contributed by atoms with Gasteiger partial charge in [-0.15, -0.1) is 0 Å². The highest BCUT2D eigenvalue weighted by Gasteiger charge is 2.48. The third-order valence-corrected chi connectivity index (χ3v) is 4.39. The summed E-state index contributed by atoms with van der Waals surface area (Å²) in [6.07, 6.45) is 0.521. The monoisotopic (exact) mass is 280 g/mol. The van der Waals surface area contributed by atoms with E-state index < -0.39 is 0 Å². The summed E-state index contributed by atoms with van der Waals surface area (Å²) < 4.78 is 5.37. The molecule has 1 aliphatic rings. The summed E-state index contributed by atoms with van der Waals surface area (Å²) >= 11 is 0. The lowest BCUT2D eigenvalue weighted by molar-refractivity contribution is -0.145. The number of hydrogen-bond donors (Lipinski definition) is 0. The number of benzene rings is 2. The minimum atomic E-state index is -0.0888. The molecule has 0 spiro atoms. The van der Waals surface area contributed by atoms with Gasteiger partial charge in [-0.05, 0) is 28.9 Å². The van der Waals surface area contributed by atoms with Gasteiger partial charge in [0, 0.05) is 6.42 Å². The number of rotatable bonds is 5. The Morgan fingerprint density at radius 1 is 1.00 bits per heavy atom. The van der Waals surface area contributed by atoms with Gasteiger partial charge < -0.3 is 4.74 Å². The van der Waals surface area contributed by atoms with Crippen LogP contribution in [-0.2, 0) is 16.1 Å². The number of carbonyl (C=O) groups is 1. The minimum Gasteiger partial charge on any atom is -0.461 e. The van der Waals surface area contributed by atoms with E-state index in [1.165, 1.54) is 5.56 Å². The molecule has 0 bridgehead atoms.